The molecular weight excluding hydrogens is 308 g/mol. The molecule has 2 N–H and O–H groups in total. The minimum atomic E-state index is -3.42. The summed E-state index contributed by atoms with van der Waals surface area (Å²) in [6, 6.07) is 3.54. The lowest BCUT2D eigenvalue weighted by atomic mass is 9.95. The maximum Gasteiger partial charge on any atom is 0.250 e. The van der Waals surface area contributed by atoms with E-state index in [4.69, 9.17) is 4.74 Å². The van der Waals surface area contributed by atoms with Gasteiger partial charge < -0.3 is 10.1 Å². The van der Waals surface area contributed by atoms with Crippen molar-refractivity contribution < 1.29 is 13.2 Å². The molecule has 0 saturated carbocycles. The smallest absolute Gasteiger partial charge is 0.250 e. The van der Waals surface area contributed by atoms with Gasteiger partial charge >= 0.3 is 0 Å². The van der Waals surface area contributed by atoms with Crippen molar-refractivity contribution >= 4 is 21.4 Å². The molecule has 1 aromatic heterocycles. The van der Waals surface area contributed by atoms with Crippen LogP contribution < -0.4 is 10.0 Å². The summed E-state index contributed by atoms with van der Waals surface area (Å²) in [6.07, 6.45) is 2.27. The van der Waals surface area contributed by atoms with Crippen molar-refractivity contribution in [1.29, 1.82) is 0 Å². The molecule has 2 rings (SSSR count). The first-order valence-corrected chi connectivity index (χ1v) is 9.52. The van der Waals surface area contributed by atoms with Gasteiger partial charge in [0, 0.05) is 17.5 Å². The molecule has 1 unspecified atom stereocenters. The van der Waals surface area contributed by atoms with Crippen LogP contribution in [0, 0.1) is 0 Å². The number of rotatable bonds is 6. The van der Waals surface area contributed by atoms with E-state index in [1.807, 2.05) is 27.0 Å². The van der Waals surface area contributed by atoms with Gasteiger partial charge in [0.15, 0.2) is 0 Å². The van der Waals surface area contributed by atoms with Crippen molar-refractivity contribution in [3.63, 3.8) is 0 Å². The Bertz CT molecular complexity index is 567. The van der Waals surface area contributed by atoms with Gasteiger partial charge in [-0.2, -0.15) is 0 Å². The molecule has 1 saturated heterocycles. The van der Waals surface area contributed by atoms with Crippen molar-refractivity contribution in [3.05, 3.63) is 17.0 Å². The van der Waals surface area contributed by atoms with Gasteiger partial charge in [0.2, 0.25) is 10.0 Å². The molecule has 1 aliphatic rings. The first-order chi connectivity index (χ1) is 9.82. The molecule has 21 heavy (non-hydrogen) atoms. The number of ether oxygens (including phenoxy) is 1. The van der Waals surface area contributed by atoms with Crippen LogP contribution in [0.4, 0.5) is 0 Å². The Labute approximate surface area is 131 Å². The summed E-state index contributed by atoms with van der Waals surface area (Å²) in [5, 5.41) is 3.07. The lowest BCUT2D eigenvalue weighted by Gasteiger charge is -2.35. The van der Waals surface area contributed by atoms with Crippen LogP contribution in [0.2, 0.25) is 0 Å². The molecule has 5 nitrogen and oxygen atoms in total. The quantitative estimate of drug-likeness (QED) is 0.833. The standard InChI is InChI=1S/C14H24N2O3S2/c1-14(2)10-11(7-9-19-14)16-21(17,18)13-5-4-12(20-13)6-8-15-3/h4-5,11,15-16H,6-10H2,1-3H3. The van der Waals surface area contributed by atoms with Gasteiger partial charge in [-0.15, -0.1) is 11.3 Å². The summed E-state index contributed by atoms with van der Waals surface area (Å²) in [5.74, 6) is 0. The fourth-order valence-corrected chi connectivity index (χ4v) is 5.14. The second-order valence-corrected chi connectivity index (χ2v) is 9.10. The van der Waals surface area contributed by atoms with Crippen molar-refractivity contribution in [2.75, 3.05) is 20.2 Å². The maximum atomic E-state index is 12.4. The van der Waals surface area contributed by atoms with Crippen LogP contribution in [0.5, 0.6) is 0 Å². The van der Waals surface area contributed by atoms with Crippen LogP contribution in [0.3, 0.4) is 0 Å². The third-order valence-electron chi connectivity index (χ3n) is 3.54. The van der Waals surface area contributed by atoms with E-state index < -0.39 is 10.0 Å². The lowest BCUT2D eigenvalue weighted by molar-refractivity contribution is -0.0599. The average Bonchev–Trinajstić information content (AvgIpc) is 2.84. The number of likely N-dealkylation sites (N-methyl/N-ethyl adjacent to an activating group) is 1. The van der Waals surface area contributed by atoms with Gasteiger partial charge in [-0.1, -0.05) is 0 Å². The first-order valence-electron chi connectivity index (χ1n) is 7.22. The Morgan fingerprint density at radius 1 is 1.43 bits per heavy atom. The second-order valence-electron chi connectivity index (χ2n) is 5.99. The largest absolute Gasteiger partial charge is 0.375 e. The first kappa shape index (κ1) is 16.9. The molecule has 0 aliphatic carbocycles. The number of sulfonamides is 1. The summed E-state index contributed by atoms with van der Waals surface area (Å²) in [4.78, 5) is 1.08. The third-order valence-corrected chi connectivity index (χ3v) is 6.70. The SMILES string of the molecule is CNCCc1ccc(S(=O)(=O)NC2CCOC(C)(C)C2)s1. The van der Waals surface area contributed by atoms with Crippen LogP contribution in [0.1, 0.15) is 31.6 Å². The van der Waals surface area contributed by atoms with Gasteiger partial charge in [0.25, 0.3) is 0 Å². The van der Waals surface area contributed by atoms with E-state index in [2.05, 4.69) is 10.0 Å². The van der Waals surface area contributed by atoms with Crippen molar-refractivity contribution in [2.24, 2.45) is 0 Å². The van der Waals surface area contributed by atoms with E-state index >= 15 is 0 Å². The molecule has 0 amide bonds. The monoisotopic (exact) mass is 332 g/mol. The minimum Gasteiger partial charge on any atom is -0.375 e. The zero-order valence-corrected chi connectivity index (χ0v) is 14.4. The molecule has 1 atom stereocenters. The molecule has 120 valence electrons. The zero-order valence-electron chi connectivity index (χ0n) is 12.8. The van der Waals surface area contributed by atoms with E-state index in [1.165, 1.54) is 11.3 Å². The molecule has 0 bridgehead atoms. The Morgan fingerprint density at radius 2 is 2.19 bits per heavy atom. The van der Waals surface area contributed by atoms with E-state index in [0.29, 0.717) is 17.2 Å². The molecule has 1 aromatic rings. The van der Waals surface area contributed by atoms with E-state index in [1.54, 1.807) is 6.07 Å². The highest BCUT2D eigenvalue weighted by atomic mass is 32.2. The highest BCUT2D eigenvalue weighted by molar-refractivity contribution is 7.91. The van der Waals surface area contributed by atoms with E-state index in [-0.39, 0.29) is 11.6 Å². The van der Waals surface area contributed by atoms with Crippen LogP contribution in [-0.2, 0) is 21.2 Å². The summed E-state index contributed by atoms with van der Waals surface area (Å²) < 4.78 is 33.7. The summed E-state index contributed by atoms with van der Waals surface area (Å²) in [6.45, 7) is 5.43. The average molecular weight is 332 g/mol. The van der Waals surface area contributed by atoms with Gasteiger partial charge in [-0.05, 0) is 58.8 Å². The Kier molecular flexibility index (Phi) is 5.43. The third kappa shape index (κ3) is 4.75. The number of nitrogens with one attached hydrogen (secondary N) is 2. The van der Waals surface area contributed by atoms with Crippen LogP contribution in [-0.4, -0.2) is 40.3 Å². The van der Waals surface area contributed by atoms with Gasteiger partial charge in [0.05, 0.1) is 5.60 Å². The summed E-state index contributed by atoms with van der Waals surface area (Å²) in [5.41, 5.74) is -0.265. The summed E-state index contributed by atoms with van der Waals surface area (Å²) in [7, 11) is -1.53. The van der Waals surface area contributed by atoms with Gasteiger partial charge in [-0.3, -0.25) is 0 Å². The van der Waals surface area contributed by atoms with E-state index in [0.717, 1.165) is 24.3 Å². The normalized spacial score (nSPS) is 22.3. The Hall–Kier alpha value is -0.470. The van der Waals surface area contributed by atoms with Crippen LogP contribution in [0.25, 0.3) is 0 Å². The van der Waals surface area contributed by atoms with E-state index in [9.17, 15) is 8.42 Å². The highest BCUT2D eigenvalue weighted by Crippen LogP contribution is 2.27. The number of hydrogen-bond donors (Lipinski definition) is 2. The van der Waals surface area contributed by atoms with Crippen molar-refractivity contribution in [2.45, 2.75) is 49.0 Å². The molecule has 7 heteroatoms. The van der Waals surface area contributed by atoms with Gasteiger partial charge in [0.1, 0.15) is 4.21 Å². The highest BCUT2D eigenvalue weighted by Gasteiger charge is 2.32. The molecule has 2 heterocycles. The fraction of sp³-hybridized carbons (Fsp3) is 0.714. The zero-order chi connectivity index (χ0) is 15.5. The second kappa shape index (κ2) is 6.75. The maximum absolute atomic E-state index is 12.4. The number of hydrogen-bond acceptors (Lipinski definition) is 5. The molecule has 1 aliphatic heterocycles. The Morgan fingerprint density at radius 3 is 2.86 bits per heavy atom. The van der Waals surface area contributed by atoms with Crippen LogP contribution in [0.15, 0.2) is 16.3 Å². The lowest BCUT2D eigenvalue weighted by Crippen LogP contribution is -2.45. The molecule has 0 radical (unpaired) electrons. The van der Waals surface area contributed by atoms with Crippen molar-refractivity contribution in [1.82, 2.24) is 10.0 Å². The molecule has 0 aromatic carbocycles. The molecule has 0 spiro atoms. The molecular formula is C14H24N2O3S2. The van der Waals surface area contributed by atoms with Crippen molar-refractivity contribution in [3.8, 4) is 0 Å². The topological polar surface area (TPSA) is 67.4 Å². The minimum absolute atomic E-state index is 0.0541. The predicted octanol–water partition coefficient (Wildman–Crippen LogP) is 1.75. The fourth-order valence-electron chi connectivity index (χ4n) is 2.50. The van der Waals surface area contributed by atoms with Gasteiger partial charge in [-0.25, -0.2) is 13.1 Å². The Balaban J connectivity index is 2.02. The summed E-state index contributed by atoms with van der Waals surface area (Å²) >= 11 is 1.35. The van der Waals surface area contributed by atoms with Crippen LogP contribution >= 0.6 is 11.3 Å². The number of thiophene rings is 1. The predicted molar refractivity (Wildman–Crippen MR) is 85.3 cm³/mol. The molecule has 1 fully saturated rings.